The molecule has 2 aliphatic rings. The van der Waals surface area contributed by atoms with Gasteiger partial charge in [-0.2, -0.15) is 0 Å². The monoisotopic (exact) mass is 280 g/mol. The van der Waals surface area contributed by atoms with Gasteiger partial charge in [-0.15, -0.1) is 0 Å². The lowest BCUT2D eigenvalue weighted by atomic mass is 9.93. The molecule has 3 rings (SSSR count). The molecule has 0 spiro atoms. The van der Waals surface area contributed by atoms with Gasteiger partial charge in [0.05, 0.1) is 34.5 Å². The van der Waals surface area contributed by atoms with Crippen molar-refractivity contribution in [3.05, 3.63) is 28.5 Å². The molecule has 0 bridgehead atoms. The third-order valence-corrected chi connectivity index (χ3v) is 4.22. The largest absolute Gasteiger partial charge is 0.388 e. The fourth-order valence-electron chi connectivity index (χ4n) is 3.05. The second-order valence-electron chi connectivity index (χ2n) is 5.98. The molecular formula is C14H17ClN2O2. The summed E-state index contributed by atoms with van der Waals surface area (Å²) in [5.74, 6) is 0.282. The van der Waals surface area contributed by atoms with E-state index in [-0.39, 0.29) is 11.9 Å². The van der Waals surface area contributed by atoms with Crippen molar-refractivity contribution in [2.45, 2.75) is 44.9 Å². The van der Waals surface area contributed by atoms with E-state index in [0.717, 1.165) is 12.8 Å². The van der Waals surface area contributed by atoms with Gasteiger partial charge in [0.2, 0.25) is 0 Å². The molecule has 0 aromatic carbocycles. The number of halogens is 1. The Labute approximate surface area is 117 Å². The Balaban J connectivity index is 1.97. The van der Waals surface area contributed by atoms with E-state index in [1.54, 1.807) is 31.0 Å². The van der Waals surface area contributed by atoms with Gasteiger partial charge in [0, 0.05) is 6.20 Å². The van der Waals surface area contributed by atoms with Crippen LogP contribution >= 0.6 is 11.6 Å². The molecule has 102 valence electrons. The third-order valence-electron chi connectivity index (χ3n) is 3.90. The standard InChI is InChI=1S/C14H17ClN2O2/c1-14(2,19)12(8-3-4-8)17-7-10-11(13(17)18)9(15)5-6-16-10/h5-6,8,12,19H,3-4,7H2,1-2H3. The number of amides is 1. The molecular weight excluding hydrogens is 264 g/mol. The van der Waals surface area contributed by atoms with Crippen LogP contribution in [0.3, 0.4) is 0 Å². The minimum Gasteiger partial charge on any atom is -0.388 e. The number of carbonyl (C=O) groups excluding carboxylic acids is 1. The molecule has 5 heteroatoms. The van der Waals surface area contributed by atoms with Crippen LogP contribution in [0.4, 0.5) is 0 Å². The number of rotatable bonds is 3. The van der Waals surface area contributed by atoms with Crippen LogP contribution < -0.4 is 0 Å². The summed E-state index contributed by atoms with van der Waals surface area (Å²) in [6.45, 7) is 3.97. The number of carbonyl (C=O) groups is 1. The van der Waals surface area contributed by atoms with Gasteiger partial charge in [-0.25, -0.2) is 0 Å². The van der Waals surface area contributed by atoms with E-state index < -0.39 is 5.60 Å². The molecule has 1 saturated carbocycles. The van der Waals surface area contributed by atoms with E-state index in [1.807, 2.05) is 0 Å². The molecule has 0 radical (unpaired) electrons. The van der Waals surface area contributed by atoms with E-state index in [0.29, 0.717) is 28.7 Å². The predicted molar refractivity (Wildman–Crippen MR) is 71.9 cm³/mol. The van der Waals surface area contributed by atoms with E-state index in [9.17, 15) is 9.90 Å². The van der Waals surface area contributed by atoms with Gasteiger partial charge in [0.15, 0.2) is 0 Å². The summed E-state index contributed by atoms with van der Waals surface area (Å²) in [5.41, 5.74) is 0.303. The van der Waals surface area contributed by atoms with Crippen LogP contribution in [0.25, 0.3) is 0 Å². The predicted octanol–water partition coefficient (Wildman–Crippen LogP) is 2.24. The van der Waals surface area contributed by atoms with Crippen LogP contribution in [0.15, 0.2) is 12.3 Å². The summed E-state index contributed by atoms with van der Waals surface area (Å²) >= 11 is 6.09. The average molecular weight is 281 g/mol. The molecule has 0 saturated heterocycles. The van der Waals surface area contributed by atoms with Gasteiger partial charge in [0.1, 0.15) is 0 Å². The lowest BCUT2D eigenvalue weighted by Crippen LogP contribution is -2.51. The van der Waals surface area contributed by atoms with Crippen molar-refractivity contribution >= 4 is 17.5 Å². The first-order chi connectivity index (χ1) is 8.89. The van der Waals surface area contributed by atoms with E-state index in [1.165, 1.54) is 0 Å². The van der Waals surface area contributed by atoms with E-state index in [4.69, 9.17) is 11.6 Å². The van der Waals surface area contributed by atoms with Crippen molar-refractivity contribution in [2.75, 3.05) is 0 Å². The SMILES string of the molecule is CC(C)(O)C(C1CC1)N1Cc2nccc(Cl)c2C1=O. The second-order valence-corrected chi connectivity index (χ2v) is 6.39. The Bertz CT molecular complexity index is 535. The quantitative estimate of drug-likeness (QED) is 0.924. The number of aromatic nitrogens is 1. The second kappa shape index (κ2) is 4.18. The van der Waals surface area contributed by atoms with E-state index >= 15 is 0 Å². The maximum atomic E-state index is 12.5. The van der Waals surface area contributed by atoms with Gasteiger partial charge in [-0.1, -0.05) is 11.6 Å². The molecule has 1 aromatic heterocycles. The van der Waals surface area contributed by atoms with Crippen LogP contribution in [0.2, 0.25) is 5.02 Å². The normalized spacial score (nSPS) is 20.6. The first kappa shape index (κ1) is 12.9. The summed E-state index contributed by atoms with van der Waals surface area (Å²) in [5, 5.41) is 10.8. The summed E-state index contributed by atoms with van der Waals surface area (Å²) in [4.78, 5) is 18.5. The Hall–Kier alpha value is -1.13. The molecule has 1 aliphatic heterocycles. The van der Waals surface area contributed by atoms with Crippen LogP contribution in [-0.2, 0) is 6.54 Å². The highest BCUT2D eigenvalue weighted by molar-refractivity contribution is 6.34. The molecule has 1 aliphatic carbocycles. The summed E-state index contributed by atoms with van der Waals surface area (Å²) in [6.07, 6.45) is 3.75. The van der Waals surface area contributed by atoms with Crippen LogP contribution in [0.1, 0.15) is 42.7 Å². The van der Waals surface area contributed by atoms with Crippen LogP contribution in [0.5, 0.6) is 0 Å². The zero-order valence-corrected chi connectivity index (χ0v) is 11.8. The molecule has 1 unspecified atom stereocenters. The summed E-state index contributed by atoms with van der Waals surface area (Å²) in [7, 11) is 0. The highest BCUT2D eigenvalue weighted by Gasteiger charge is 2.48. The smallest absolute Gasteiger partial charge is 0.258 e. The van der Waals surface area contributed by atoms with Gasteiger partial charge in [0.25, 0.3) is 5.91 Å². The molecule has 4 nitrogen and oxygen atoms in total. The van der Waals surface area contributed by atoms with Crippen molar-refractivity contribution in [1.82, 2.24) is 9.88 Å². The lowest BCUT2D eigenvalue weighted by Gasteiger charge is -2.37. The maximum absolute atomic E-state index is 12.5. The fraction of sp³-hybridized carbons (Fsp3) is 0.571. The van der Waals surface area contributed by atoms with E-state index in [2.05, 4.69) is 4.98 Å². The third kappa shape index (κ3) is 2.13. The number of fused-ring (bicyclic) bond motifs is 1. The number of nitrogens with zero attached hydrogens (tertiary/aromatic N) is 2. The zero-order chi connectivity index (χ0) is 13.8. The highest BCUT2D eigenvalue weighted by Crippen LogP contribution is 2.43. The van der Waals surface area contributed by atoms with Gasteiger partial charge < -0.3 is 10.0 Å². The molecule has 1 aromatic rings. The Morgan fingerprint density at radius 1 is 1.53 bits per heavy atom. The molecule has 1 N–H and O–H groups in total. The minimum atomic E-state index is -0.911. The lowest BCUT2D eigenvalue weighted by molar-refractivity contribution is -0.0225. The van der Waals surface area contributed by atoms with Gasteiger partial charge >= 0.3 is 0 Å². The number of hydrogen-bond donors (Lipinski definition) is 1. The molecule has 19 heavy (non-hydrogen) atoms. The zero-order valence-electron chi connectivity index (χ0n) is 11.1. The summed E-state index contributed by atoms with van der Waals surface area (Å²) in [6, 6.07) is 1.48. The summed E-state index contributed by atoms with van der Waals surface area (Å²) < 4.78 is 0. The molecule has 2 heterocycles. The first-order valence-electron chi connectivity index (χ1n) is 6.56. The minimum absolute atomic E-state index is 0.105. The highest BCUT2D eigenvalue weighted by atomic mass is 35.5. The Morgan fingerprint density at radius 2 is 2.21 bits per heavy atom. The number of hydrogen-bond acceptors (Lipinski definition) is 3. The van der Waals surface area contributed by atoms with Crippen molar-refractivity contribution in [3.63, 3.8) is 0 Å². The van der Waals surface area contributed by atoms with Crippen molar-refractivity contribution in [3.8, 4) is 0 Å². The molecule has 1 amide bonds. The first-order valence-corrected chi connectivity index (χ1v) is 6.94. The van der Waals surface area contributed by atoms with Crippen LogP contribution in [-0.4, -0.2) is 32.5 Å². The topological polar surface area (TPSA) is 53.4 Å². The molecule has 1 fully saturated rings. The van der Waals surface area contributed by atoms with Crippen molar-refractivity contribution < 1.29 is 9.90 Å². The average Bonchev–Trinajstić information content (AvgIpc) is 3.04. The van der Waals surface area contributed by atoms with Gasteiger partial charge in [-0.05, 0) is 38.7 Å². The van der Waals surface area contributed by atoms with Crippen molar-refractivity contribution in [2.24, 2.45) is 5.92 Å². The van der Waals surface area contributed by atoms with Gasteiger partial charge in [-0.3, -0.25) is 9.78 Å². The number of pyridine rings is 1. The Morgan fingerprint density at radius 3 is 2.74 bits per heavy atom. The van der Waals surface area contributed by atoms with Crippen LogP contribution in [0, 0.1) is 5.92 Å². The Kier molecular flexibility index (Phi) is 2.84. The fourth-order valence-corrected chi connectivity index (χ4v) is 3.30. The molecule has 1 atom stereocenters. The number of aliphatic hydroxyl groups is 1. The maximum Gasteiger partial charge on any atom is 0.258 e. The van der Waals surface area contributed by atoms with Crippen molar-refractivity contribution in [1.29, 1.82) is 0 Å².